The minimum Gasteiger partial charge on any atom is -0.481 e. The minimum atomic E-state index is -0.775. The predicted octanol–water partition coefficient (Wildman–Crippen LogP) is 3.28. The first-order chi connectivity index (χ1) is 10.1. The summed E-state index contributed by atoms with van der Waals surface area (Å²) in [5, 5.41) is 17.7. The lowest BCUT2D eigenvalue weighted by Crippen LogP contribution is -2.36. The Hall–Kier alpha value is -2.08. The Morgan fingerprint density at radius 3 is 2.86 bits per heavy atom. The van der Waals surface area contributed by atoms with Crippen molar-refractivity contribution in [3.8, 4) is 0 Å². The number of hydrogen-bond acceptors (Lipinski definition) is 3. The lowest BCUT2D eigenvalue weighted by molar-refractivity contribution is -0.141. The number of nitrogens with one attached hydrogen (secondary N) is 2. The zero-order valence-corrected chi connectivity index (χ0v) is 12.2. The van der Waals surface area contributed by atoms with E-state index in [1.165, 1.54) is 4.70 Å². The van der Waals surface area contributed by atoms with Crippen molar-refractivity contribution in [3.63, 3.8) is 0 Å². The molecule has 3 N–H and O–H groups in total. The van der Waals surface area contributed by atoms with E-state index >= 15 is 0 Å². The van der Waals surface area contributed by atoms with Crippen molar-refractivity contribution in [3.05, 3.63) is 29.6 Å². The van der Waals surface area contributed by atoms with Gasteiger partial charge in [-0.25, -0.2) is 4.79 Å². The van der Waals surface area contributed by atoms with Crippen LogP contribution in [-0.4, -0.2) is 23.1 Å². The molecule has 2 atom stereocenters. The SMILES string of the molecule is O=C(Nc1ccc2sccc2c1)N[C@H]1CC[C@@H](C(=O)O)C1. The number of rotatable bonds is 3. The molecule has 1 aromatic carbocycles. The summed E-state index contributed by atoms with van der Waals surface area (Å²) in [6, 6.07) is 7.45. The van der Waals surface area contributed by atoms with E-state index in [0.29, 0.717) is 19.3 Å². The molecule has 3 rings (SSSR count). The van der Waals surface area contributed by atoms with Gasteiger partial charge in [0.1, 0.15) is 0 Å². The second kappa shape index (κ2) is 5.73. The first kappa shape index (κ1) is 13.9. The second-order valence-electron chi connectivity index (χ2n) is 5.32. The number of fused-ring (bicyclic) bond motifs is 1. The Morgan fingerprint density at radius 1 is 1.24 bits per heavy atom. The highest BCUT2D eigenvalue weighted by Gasteiger charge is 2.30. The highest BCUT2D eigenvalue weighted by Crippen LogP contribution is 2.26. The Bertz CT molecular complexity index is 682. The smallest absolute Gasteiger partial charge is 0.319 e. The highest BCUT2D eigenvalue weighted by molar-refractivity contribution is 7.17. The Kier molecular flexibility index (Phi) is 3.79. The van der Waals surface area contributed by atoms with Crippen molar-refractivity contribution in [2.45, 2.75) is 25.3 Å². The van der Waals surface area contributed by atoms with Crippen LogP contribution < -0.4 is 10.6 Å². The number of carboxylic acid groups (broad SMARTS) is 1. The standard InChI is InChI=1S/C15H16N2O3S/c18-14(19)10-1-2-11(8-10)16-15(20)17-12-3-4-13-9(7-12)5-6-21-13/h3-7,10-11H,1-2,8H2,(H,18,19)(H2,16,17,20)/t10-,11+/m1/s1. The van der Waals surface area contributed by atoms with Gasteiger partial charge < -0.3 is 15.7 Å². The summed E-state index contributed by atoms with van der Waals surface area (Å²) in [6.45, 7) is 0. The van der Waals surface area contributed by atoms with Crippen LogP contribution in [0.2, 0.25) is 0 Å². The predicted molar refractivity (Wildman–Crippen MR) is 82.7 cm³/mol. The summed E-state index contributed by atoms with van der Waals surface area (Å²) in [5.74, 6) is -1.11. The zero-order valence-electron chi connectivity index (χ0n) is 11.3. The molecule has 1 saturated carbocycles. The quantitative estimate of drug-likeness (QED) is 0.814. The lowest BCUT2D eigenvalue weighted by atomic mass is 10.1. The second-order valence-corrected chi connectivity index (χ2v) is 6.26. The van der Waals surface area contributed by atoms with E-state index < -0.39 is 5.97 Å². The maximum Gasteiger partial charge on any atom is 0.319 e. The molecule has 2 amide bonds. The van der Waals surface area contributed by atoms with Crippen molar-refractivity contribution in [1.82, 2.24) is 5.32 Å². The van der Waals surface area contributed by atoms with E-state index in [9.17, 15) is 9.59 Å². The van der Waals surface area contributed by atoms with E-state index in [-0.39, 0.29) is 18.0 Å². The third-order valence-corrected chi connectivity index (χ3v) is 4.73. The van der Waals surface area contributed by atoms with E-state index in [1.807, 2.05) is 29.6 Å². The number of aliphatic carboxylic acids is 1. The van der Waals surface area contributed by atoms with Gasteiger partial charge in [-0.15, -0.1) is 11.3 Å². The number of anilines is 1. The van der Waals surface area contributed by atoms with Crippen LogP contribution in [0, 0.1) is 5.92 Å². The molecule has 0 aliphatic heterocycles. The molecule has 0 spiro atoms. The van der Waals surface area contributed by atoms with Crippen molar-refractivity contribution in [2.24, 2.45) is 5.92 Å². The van der Waals surface area contributed by atoms with Crippen LogP contribution in [0.5, 0.6) is 0 Å². The van der Waals surface area contributed by atoms with E-state index in [4.69, 9.17) is 5.11 Å². The van der Waals surface area contributed by atoms with Gasteiger partial charge in [-0.2, -0.15) is 0 Å². The van der Waals surface area contributed by atoms with Crippen LogP contribution in [0.25, 0.3) is 10.1 Å². The van der Waals surface area contributed by atoms with Gasteiger partial charge in [0.25, 0.3) is 0 Å². The number of carbonyl (C=O) groups excluding carboxylic acids is 1. The van der Waals surface area contributed by atoms with Gasteiger partial charge in [-0.05, 0) is 54.3 Å². The monoisotopic (exact) mass is 304 g/mol. The van der Waals surface area contributed by atoms with Gasteiger partial charge in [0, 0.05) is 16.4 Å². The summed E-state index contributed by atoms with van der Waals surface area (Å²) in [5.41, 5.74) is 0.742. The molecule has 1 aliphatic rings. The third kappa shape index (κ3) is 3.16. The fourth-order valence-corrected chi connectivity index (χ4v) is 3.50. The molecule has 1 aromatic heterocycles. The summed E-state index contributed by atoms with van der Waals surface area (Å²) in [4.78, 5) is 22.8. The molecule has 5 nitrogen and oxygen atoms in total. The number of benzene rings is 1. The molecular formula is C15H16N2O3S. The molecule has 0 saturated heterocycles. The largest absolute Gasteiger partial charge is 0.481 e. The molecular weight excluding hydrogens is 288 g/mol. The fourth-order valence-electron chi connectivity index (χ4n) is 2.73. The maximum atomic E-state index is 12.0. The van der Waals surface area contributed by atoms with Crippen LogP contribution in [-0.2, 0) is 4.79 Å². The summed E-state index contributed by atoms with van der Waals surface area (Å²) in [7, 11) is 0. The zero-order chi connectivity index (χ0) is 14.8. The van der Waals surface area contributed by atoms with E-state index in [0.717, 1.165) is 11.1 Å². The number of thiophene rings is 1. The van der Waals surface area contributed by atoms with E-state index in [2.05, 4.69) is 10.6 Å². The van der Waals surface area contributed by atoms with Gasteiger partial charge in [-0.3, -0.25) is 4.79 Å². The average Bonchev–Trinajstić information content (AvgIpc) is 3.06. The Morgan fingerprint density at radius 2 is 2.10 bits per heavy atom. The Labute approximate surface area is 126 Å². The summed E-state index contributed by atoms with van der Waals surface area (Å²) >= 11 is 1.66. The van der Waals surface area contributed by atoms with Crippen molar-refractivity contribution < 1.29 is 14.7 Å². The first-order valence-corrected chi connectivity index (χ1v) is 7.77. The van der Waals surface area contributed by atoms with Crippen molar-refractivity contribution >= 4 is 39.1 Å². The first-order valence-electron chi connectivity index (χ1n) is 6.89. The molecule has 1 fully saturated rings. The molecule has 0 unspecified atom stereocenters. The van der Waals surface area contributed by atoms with Crippen LogP contribution in [0.15, 0.2) is 29.6 Å². The van der Waals surface area contributed by atoms with Gasteiger partial charge in [0.15, 0.2) is 0 Å². The molecule has 1 heterocycles. The molecule has 0 bridgehead atoms. The van der Waals surface area contributed by atoms with Crippen LogP contribution in [0.4, 0.5) is 10.5 Å². The van der Waals surface area contributed by atoms with Crippen LogP contribution in [0.3, 0.4) is 0 Å². The highest BCUT2D eigenvalue weighted by atomic mass is 32.1. The molecule has 21 heavy (non-hydrogen) atoms. The van der Waals surface area contributed by atoms with Crippen LogP contribution in [0.1, 0.15) is 19.3 Å². The van der Waals surface area contributed by atoms with E-state index in [1.54, 1.807) is 11.3 Å². The molecule has 1 aliphatic carbocycles. The summed E-state index contributed by atoms with van der Waals surface area (Å²) in [6.07, 6.45) is 1.85. The molecule has 0 radical (unpaired) electrons. The average molecular weight is 304 g/mol. The van der Waals surface area contributed by atoms with Crippen molar-refractivity contribution in [2.75, 3.05) is 5.32 Å². The third-order valence-electron chi connectivity index (χ3n) is 3.83. The van der Waals surface area contributed by atoms with Gasteiger partial charge >= 0.3 is 12.0 Å². The number of carbonyl (C=O) groups is 2. The summed E-state index contributed by atoms with van der Waals surface area (Å²) < 4.78 is 1.18. The molecule has 110 valence electrons. The van der Waals surface area contributed by atoms with Gasteiger partial charge in [-0.1, -0.05) is 0 Å². The lowest BCUT2D eigenvalue weighted by Gasteiger charge is -2.13. The number of hydrogen-bond donors (Lipinski definition) is 3. The topological polar surface area (TPSA) is 78.4 Å². The molecule has 2 aromatic rings. The molecule has 6 heteroatoms. The van der Waals surface area contributed by atoms with Gasteiger partial charge in [0.2, 0.25) is 0 Å². The number of amides is 2. The van der Waals surface area contributed by atoms with Crippen LogP contribution >= 0.6 is 11.3 Å². The minimum absolute atomic E-state index is 0.0593. The number of urea groups is 1. The normalized spacial score (nSPS) is 21.3. The van der Waals surface area contributed by atoms with Crippen molar-refractivity contribution in [1.29, 1.82) is 0 Å². The Balaban J connectivity index is 1.58. The fraction of sp³-hybridized carbons (Fsp3) is 0.333. The number of carboxylic acids is 1. The van der Waals surface area contributed by atoms with Gasteiger partial charge in [0.05, 0.1) is 5.92 Å². The maximum absolute atomic E-state index is 12.0.